The summed E-state index contributed by atoms with van der Waals surface area (Å²) in [5, 5.41) is 9.23. The van der Waals surface area contributed by atoms with Gasteiger partial charge in [-0.2, -0.15) is 0 Å². The molecule has 0 bridgehead atoms. The second kappa shape index (κ2) is 8.79. The second-order valence-corrected chi connectivity index (χ2v) is 7.35. The van der Waals surface area contributed by atoms with E-state index < -0.39 is 0 Å². The van der Waals surface area contributed by atoms with Gasteiger partial charge in [0.25, 0.3) is 5.91 Å². The predicted molar refractivity (Wildman–Crippen MR) is 97.5 cm³/mol. The van der Waals surface area contributed by atoms with Gasteiger partial charge in [-0.05, 0) is 62.4 Å². The lowest BCUT2D eigenvalue weighted by Crippen LogP contribution is -2.38. The van der Waals surface area contributed by atoms with Gasteiger partial charge in [-0.15, -0.1) is 0 Å². The minimum absolute atomic E-state index is 0.120. The molecule has 0 spiro atoms. The number of likely N-dealkylation sites (tertiary alicyclic amines) is 2. The van der Waals surface area contributed by atoms with Gasteiger partial charge in [0, 0.05) is 32.4 Å². The van der Waals surface area contributed by atoms with Crippen molar-refractivity contribution in [2.75, 3.05) is 40.0 Å². The smallest absolute Gasteiger partial charge is 0.254 e. The molecule has 1 amide bonds. The highest BCUT2D eigenvalue weighted by atomic mass is 16.5. The van der Waals surface area contributed by atoms with E-state index in [2.05, 4.69) is 17.0 Å². The van der Waals surface area contributed by atoms with Crippen LogP contribution in [0.2, 0.25) is 0 Å². The molecule has 1 aromatic carbocycles. The first-order valence-electron chi connectivity index (χ1n) is 9.43. The molecule has 2 fully saturated rings. The summed E-state index contributed by atoms with van der Waals surface area (Å²) in [6.45, 7) is 4.76. The monoisotopic (exact) mass is 346 g/mol. The fourth-order valence-electron chi connectivity index (χ4n) is 3.97. The van der Waals surface area contributed by atoms with Crippen LogP contribution in [0.15, 0.2) is 24.3 Å². The van der Waals surface area contributed by atoms with E-state index in [1.54, 1.807) is 7.11 Å². The molecule has 2 saturated heterocycles. The highest BCUT2D eigenvalue weighted by molar-refractivity contribution is 5.94. The molecule has 1 atom stereocenters. The first-order valence-corrected chi connectivity index (χ1v) is 9.43. The lowest BCUT2D eigenvalue weighted by atomic mass is 9.97. The summed E-state index contributed by atoms with van der Waals surface area (Å²) in [6.07, 6.45) is 4.23. The van der Waals surface area contributed by atoms with Gasteiger partial charge < -0.3 is 14.7 Å². The maximum Gasteiger partial charge on any atom is 0.254 e. The lowest BCUT2D eigenvalue weighted by Gasteiger charge is -2.31. The molecule has 2 aliphatic rings. The first kappa shape index (κ1) is 18.4. The largest absolute Gasteiger partial charge is 0.396 e. The molecule has 1 unspecified atom stereocenters. The van der Waals surface area contributed by atoms with Crippen molar-refractivity contribution < 1.29 is 14.6 Å². The van der Waals surface area contributed by atoms with E-state index in [-0.39, 0.29) is 11.9 Å². The number of methoxy groups -OCH3 is 1. The molecule has 2 aliphatic heterocycles. The van der Waals surface area contributed by atoms with Gasteiger partial charge >= 0.3 is 0 Å². The normalized spacial score (nSPS) is 22.5. The van der Waals surface area contributed by atoms with Crippen molar-refractivity contribution in [1.29, 1.82) is 0 Å². The molecule has 138 valence electrons. The van der Waals surface area contributed by atoms with Crippen LogP contribution in [0.1, 0.15) is 41.6 Å². The number of benzene rings is 1. The van der Waals surface area contributed by atoms with Crippen LogP contribution in [0.25, 0.3) is 0 Å². The maximum absolute atomic E-state index is 12.7. The fourth-order valence-corrected chi connectivity index (χ4v) is 3.97. The molecule has 1 aromatic rings. The average Bonchev–Trinajstić information content (AvgIpc) is 3.11. The van der Waals surface area contributed by atoms with Gasteiger partial charge in [0.2, 0.25) is 0 Å². The highest BCUT2D eigenvalue weighted by Gasteiger charge is 2.29. The molecule has 3 rings (SSSR count). The Hall–Kier alpha value is -1.43. The van der Waals surface area contributed by atoms with E-state index in [0.717, 1.165) is 57.4 Å². The Kier molecular flexibility index (Phi) is 6.45. The summed E-state index contributed by atoms with van der Waals surface area (Å²) in [4.78, 5) is 17.1. The number of rotatable bonds is 6. The SMILES string of the molecule is COCC1CCCN1C(=O)c1ccc(CN2CCC(CO)CC2)cc1. The van der Waals surface area contributed by atoms with Crippen LogP contribution >= 0.6 is 0 Å². The van der Waals surface area contributed by atoms with Gasteiger partial charge in [0.15, 0.2) is 0 Å². The van der Waals surface area contributed by atoms with Crippen LogP contribution in [0.4, 0.5) is 0 Å². The van der Waals surface area contributed by atoms with Crippen LogP contribution in [0, 0.1) is 5.92 Å². The molecule has 5 nitrogen and oxygen atoms in total. The van der Waals surface area contributed by atoms with Crippen molar-refractivity contribution in [1.82, 2.24) is 9.80 Å². The third kappa shape index (κ3) is 4.60. The first-order chi connectivity index (χ1) is 12.2. The topological polar surface area (TPSA) is 53.0 Å². The van der Waals surface area contributed by atoms with Crippen LogP contribution in [-0.4, -0.2) is 66.8 Å². The summed E-state index contributed by atoms with van der Waals surface area (Å²) < 4.78 is 5.25. The van der Waals surface area contributed by atoms with Crippen molar-refractivity contribution in [3.05, 3.63) is 35.4 Å². The Bertz CT molecular complexity index is 553. The Morgan fingerprint density at radius 2 is 1.88 bits per heavy atom. The van der Waals surface area contributed by atoms with Crippen LogP contribution < -0.4 is 0 Å². The number of hydrogen-bond donors (Lipinski definition) is 1. The number of carbonyl (C=O) groups excluding carboxylic acids is 1. The third-order valence-corrected chi connectivity index (χ3v) is 5.57. The number of piperidine rings is 1. The number of carbonyl (C=O) groups is 1. The molecule has 0 radical (unpaired) electrons. The summed E-state index contributed by atoms with van der Waals surface area (Å²) in [6, 6.07) is 8.28. The molecule has 5 heteroatoms. The Balaban J connectivity index is 1.56. The maximum atomic E-state index is 12.7. The molecular weight excluding hydrogens is 316 g/mol. The minimum atomic E-state index is 0.120. The van der Waals surface area contributed by atoms with Crippen LogP contribution in [-0.2, 0) is 11.3 Å². The van der Waals surface area contributed by atoms with Crippen LogP contribution in [0.3, 0.4) is 0 Å². The summed E-state index contributed by atoms with van der Waals surface area (Å²) in [5.74, 6) is 0.589. The highest BCUT2D eigenvalue weighted by Crippen LogP contribution is 2.22. The van der Waals surface area contributed by atoms with Gasteiger partial charge in [-0.1, -0.05) is 12.1 Å². The zero-order valence-corrected chi connectivity index (χ0v) is 15.2. The van der Waals surface area contributed by atoms with Gasteiger partial charge in [0.05, 0.1) is 12.6 Å². The zero-order valence-electron chi connectivity index (χ0n) is 15.2. The minimum Gasteiger partial charge on any atom is -0.396 e. The number of aliphatic hydroxyl groups is 1. The van der Waals surface area contributed by atoms with E-state index in [4.69, 9.17) is 4.74 Å². The Morgan fingerprint density at radius 1 is 1.16 bits per heavy atom. The fraction of sp³-hybridized carbons (Fsp3) is 0.650. The quantitative estimate of drug-likeness (QED) is 0.857. The molecule has 1 N–H and O–H groups in total. The van der Waals surface area contributed by atoms with Crippen molar-refractivity contribution in [3.8, 4) is 0 Å². The second-order valence-electron chi connectivity index (χ2n) is 7.35. The molecule has 0 aromatic heterocycles. The van der Waals surface area contributed by atoms with Gasteiger partial charge in [0.1, 0.15) is 0 Å². The molecule has 0 aliphatic carbocycles. The third-order valence-electron chi connectivity index (χ3n) is 5.57. The van der Waals surface area contributed by atoms with E-state index in [0.29, 0.717) is 19.1 Å². The number of ether oxygens (including phenoxy) is 1. The van der Waals surface area contributed by atoms with E-state index >= 15 is 0 Å². The van der Waals surface area contributed by atoms with Crippen molar-refractivity contribution in [2.45, 2.75) is 38.3 Å². The Morgan fingerprint density at radius 3 is 2.52 bits per heavy atom. The number of hydrogen-bond acceptors (Lipinski definition) is 4. The van der Waals surface area contributed by atoms with Crippen molar-refractivity contribution in [3.63, 3.8) is 0 Å². The van der Waals surface area contributed by atoms with E-state index in [1.165, 1.54) is 5.56 Å². The summed E-state index contributed by atoms with van der Waals surface area (Å²) in [7, 11) is 1.69. The standard InChI is InChI=1S/C20H30N2O3/c1-25-15-19-3-2-10-22(19)20(24)18-6-4-16(5-7-18)13-21-11-8-17(14-23)9-12-21/h4-7,17,19,23H,2-3,8-15H2,1H3. The zero-order chi connectivity index (χ0) is 17.6. The van der Waals surface area contributed by atoms with Crippen LogP contribution in [0.5, 0.6) is 0 Å². The molecule has 0 saturated carbocycles. The number of nitrogens with zero attached hydrogens (tertiary/aromatic N) is 2. The van der Waals surface area contributed by atoms with Crippen molar-refractivity contribution in [2.24, 2.45) is 5.92 Å². The average molecular weight is 346 g/mol. The van der Waals surface area contributed by atoms with E-state index in [1.807, 2.05) is 17.0 Å². The lowest BCUT2D eigenvalue weighted by molar-refractivity contribution is 0.0630. The summed E-state index contributed by atoms with van der Waals surface area (Å²) >= 11 is 0. The van der Waals surface area contributed by atoms with Gasteiger partial charge in [-0.25, -0.2) is 0 Å². The van der Waals surface area contributed by atoms with Gasteiger partial charge in [-0.3, -0.25) is 9.69 Å². The molecular formula is C20H30N2O3. The van der Waals surface area contributed by atoms with Crippen molar-refractivity contribution >= 4 is 5.91 Å². The molecule has 2 heterocycles. The summed E-state index contributed by atoms with van der Waals surface area (Å²) in [5.41, 5.74) is 2.01. The molecule has 25 heavy (non-hydrogen) atoms. The number of amides is 1. The van der Waals surface area contributed by atoms with E-state index in [9.17, 15) is 9.90 Å². The predicted octanol–water partition coefficient (Wildman–Crippen LogP) is 2.14. The number of aliphatic hydroxyl groups excluding tert-OH is 1. The Labute approximate surface area is 150 Å².